The van der Waals surface area contributed by atoms with Crippen LogP contribution in [0, 0.1) is 5.92 Å². The summed E-state index contributed by atoms with van der Waals surface area (Å²) >= 11 is 0. The molecule has 0 heterocycles. The first-order chi connectivity index (χ1) is 7.83. The molecule has 0 N–H and O–H groups in total. The standard InChI is InChI=1S/C13H24O4/c1-6-10(2)7-8-11(3)17-12(15)13(4,5)16-9-14/h9-11H,6-8H2,1-5H3. The van der Waals surface area contributed by atoms with E-state index in [-0.39, 0.29) is 12.6 Å². The van der Waals surface area contributed by atoms with Crippen molar-refractivity contribution in [1.82, 2.24) is 0 Å². The van der Waals surface area contributed by atoms with Gasteiger partial charge in [-0.3, -0.25) is 4.79 Å². The molecular formula is C13H24O4. The van der Waals surface area contributed by atoms with E-state index in [0.717, 1.165) is 19.3 Å². The molecule has 0 fully saturated rings. The second kappa shape index (κ2) is 7.30. The molecule has 0 aliphatic carbocycles. The fourth-order valence-electron chi connectivity index (χ4n) is 1.28. The number of carbonyl (C=O) groups is 2. The highest BCUT2D eigenvalue weighted by Crippen LogP contribution is 2.16. The summed E-state index contributed by atoms with van der Waals surface area (Å²) in [5.41, 5.74) is -1.20. The Labute approximate surface area is 104 Å². The van der Waals surface area contributed by atoms with Crippen LogP contribution in [0.2, 0.25) is 0 Å². The largest absolute Gasteiger partial charge is 0.460 e. The fraction of sp³-hybridized carbons (Fsp3) is 0.846. The molecular weight excluding hydrogens is 220 g/mol. The van der Waals surface area contributed by atoms with Crippen molar-refractivity contribution >= 4 is 12.4 Å². The highest BCUT2D eigenvalue weighted by atomic mass is 16.6. The summed E-state index contributed by atoms with van der Waals surface area (Å²) in [7, 11) is 0. The third-order valence-corrected chi connectivity index (χ3v) is 2.91. The molecule has 4 nitrogen and oxygen atoms in total. The zero-order chi connectivity index (χ0) is 13.5. The van der Waals surface area contributed by atoms with Gasteiger partial charge in [0.2, 0.25) is 5.60 Å². The summed E-state index contributed by atoms with van der Waals surface area (Å²) in [6, 6.07) is 0. The minimum atomic E-state index is -1.20. The van der Waals surface area contributed by atoms with Gasteiger partial charge in [0.25, 0.3) is 6.47 Å². The van der Waals surface area contributed by atoms with Crippen molar-refractivity contribution in [2.45, 2.75) is 65.6 Å². The van der Waals surface area contributed by atoms with Gasteiger partial charge in [0, 0.05) is 0 Å². The van der Waals surface area contributed by atoms with E-state index in [1.165, 1.54) is 13.8 Å². The lowest BCUT2D eigenvalue weighted by molar-refractivity contribution is -0.175. The van der Waals surface area contributed by atoms with E-state index in [1.54, 1.807) is 0 Å². The molecule has 2 atom stereocenters. The molecule has 17 heavy (non-hydrogen) atoms. The quantitative estimate of drug-likeness (QED) is 0.486. The van der Waals surface area contributed by atoms with Gasteiger partial charge in [-0.1, -0.05) is 20.3 Å². The van der Waals surface area contributed by atoms with Gasteiger partial charge < -0.3 is 9.47 Å². The van der Waals surface area contributed by atoms with E-state index in [1.807, 2.05) is 6.92 Å². The zero-order valence-corrected chi connectivity index (χ0v) is 11.5. The fourth-order valence-corrected chi connectivity index (χ4v) is 1.28. The SMILES string of the molecule is CCC(C)CCC(C)OC(=O)C(C)(C)OC=O. The number of carbonyl (C=O) groups excluding carboxylic acids is 2. The van der Waals surface area contributed by atoms with E-state index < -0.39 is 11.6 Å². The van der Waals surface area contributed by atoms with Crippen molar-refractivity contribution in [2.75, 3.05) is 0 Å². The maximum atomic E-state index is 11.7. The van der Waals surface area contributed by atoms with Crippen LogP contribution in [0.25, 0.3) is 0 Å². The maximum Gasteiger partial charge on any atom is 0.350 e. The Kier molecular flexibility index (Phi) is 6.85. The molecule has 0 saturated carbocycles. The van der Waals surface area contributed by atoms with Gasteiger partial charge in [0.15, 0.2) is 0 Å². The monoisotopic (exact) mass is 244 g/mol. The van der Waals surface area contributed by atoms with Crippen molar-refractivity contribution in [3.8, 4) is 0 Å². The topological polar surface area (TPSA) is 52.6 Å². The molecule has 0 aromatic rings. The molecule has 0 bridgehead atoms. The van der Waals surface area contributed by atoms with Gasteiger partial charge in [0.1, 0.15) is 0 Å². The third-order valence-electron chi connectivity index (χ3n) is 2.91. The summed E-state index contributed by atoms with van der Waals surface area (Å²) in [6.07, 6.45) is 2.84. The molecule has 2 unspecified atom stereocenters. The van der Waals surface area contributed by atoms with Crippen molar-refractivity contribution in [3.05, 3.63) is 0 Å². The third kappa shape index (κ3) is 6.29. The minimum Gasteiger partial charge on any atom is -0.460 e. The van der Waals surface area contributed by atoms with Crippen LogP contribution in [-0.2, 0) is 19.1 Å². The molecule has 0 spiro atoms. The van der Waals surface area contributed by atoms with E-state index in [9.17, 15) is 9.59 Å². The van der Waals surface area contributed by atoms with Crippen LogP contribution >= 0.6 is 0 Å². The average molecular weight is 244 g/mol. The van der Waals surface area contributed by atoms with Crippen LogP contribution < -0.4 is 0 Å². The van der Waals surface area contributed by atoms with E-state index >= 15 is 0 Å². The molecule has 4 heteroatoms. The van der Waals surface area contributed by atoms with Crippen LogP contribution in [0.3, 0.4) is 0 Å². The maximum absolute atomic E-state index is 11.7. The van der Waals surface area contributed by atoms with E-state index in [2.05, 4.69) is 18.6 Å². The van der Waals surface area contributed by atoms with Gasteiger partial charge in [-0.25, -0.2) is 4.79 Å². The lowest BCUT2D eigenvalue weighted by Gasteiger charge is -2.23. The smallest absolute Gasteiger partial charge is 0.350 e. The van der Waals surface area contributed by atoms with E-state index in [0.29, 0.717) is 5.92 Å². The average Bonchev–Trinajstić information content (AvgIpc) is 2.25. The Morgan fingerprint density at radius 3 is 2.35 bits per heavy atom. The van der Waals surface area contributed by atoms with Gasteiger partial charge in [0.05, 0.1) is 6.10 Å². The van der Waals surface area contributed by atoms with Crippen LogP contribution in [0.1, 0.15) is 53.9 Å². The second-order valence-corrected chi connectivity index (χ2v) is 5.03. The number of hydrogen-bond acceptors (Lipinski definition) is 4. The Balaban J connectivity index is 4.07. The normalized spacial score (nSPS) is 14.9. The van der Waals surface area contributed by atoms with Crippen LogP contribution in [-0.4, -0.2) is 24.1 Å². The van der Waals surface area contributed by atoms with Gasteiger partial charge in [-0.2, -0.15) is 0 Å². The summed E-state index contributed by atoms with van der Waals surface area (Å²) in [5.74, 6) is 0.136. The first-order valence-electron chi connectivity index (χ1n) is 6.16. The molecule has 100 valence electrons. The Bertz CT molecular complexity index is 248. The van der Waals surface area contributed by atoms with Crippen molar-refractivity contribution < 1.29 is 19.1 Å². The molecule has 0 aromatic heterocycles. The van der Waals surface area contributed by atoms with Crippen LogP contribution in [0.4, 0.5) is 0 Å². The predicted octanol–water partition coefficient (Wildman–Crippen LogP) is 2.70. The Hall–Kier alpha value is -1.06. The minimum absolute atomic E-state index is 0.147. The molecule has 0 radical (unpaired) electrons. The highest BCUT2D eigenvalue weighted by Gasteiger charge is 2.32. The predicted molar refractivity (Wildman–Crippen MR) is 65.5 cm³/mol. The highest BCUT2D eigenvalue weighted by molar-refractivity contribution is 5.79. The van der Waals surface area contributed by atoms with Gasteiger partial charge >= 0.3 is 5.97 Å². The van der Waals surface area contributed by atoms with E-state index in [4.69, 9.17) is 4.74 Å². The molecule has 0 aliphatic heterocycles. The lowest BCUT2D eigenvalue weighted by atomic mass is 10.0. The number of rotatable bonds is 8. The summed E-state index contributed by atoms with van der Waals surface area (Å²) in [6.45, 7) is 9.48. The van der Waals surface area contributed by atoms with Gasteiger partial charge in [-0.15, -0.1) is 0 Å². The lowest BCUT2D eigenvalue weighted by Crippen LogP contribution is -2.38. The first-order valence-corrected chi connectivity index (χ1v) is 6.16. The molecule has 0 aromatic carbocycles. The van der Waals surface area contributed by atoms with Gasteiger partial charge in [-0.05, 0) is 39.5 Å². The summed E-state index contributed by atoms with van der Waals surface area (Å²) in [4.78, 5) is 21.9. The van der Waals surface area contributed by atoms with Crippen molar-refractivity contribution in [3.63, 3.8) is 0 Å². The Morgan fingerprint density at radius 1 is 1.29 bits per heavy atom. The molecule has 0 aliphatic rings. The Morgan fingerprint density at radius 2 is 1.88 bits per heavy atom. The number of hydrogen-bond donors (Lipinski definition) is 0. The molecule has 0 rings (SSSR count). The second-order valence-electron chi connectivity index (χ2n) is 5.03. The summed E-state index contributed by atoms with van der Waals surface area (Å²) in [5, 5.41) is 0. The van der Waals surface area contributed by atoms with Crippen molar-refractivity contribution in [2.24, 2.45) is 5.92 Å². The van der Waals surface area contributed by atoms with Crippen LogP contribution in [0.5, 0.6) is 0 Å². The number of ether oxygens (including phenoxy) is 2. The molecule has 0 saturated heterocycles. The first kappa shape index (κ1) is 15.9. The summed E-state index contributed by atoms with van der Waals surface area (Å²) < 4.78 is 9.92. The van der Waals surface area contributed by atoms with Crippen molar-refractivity contribution in [1.29, 1.82) is 0 Å². The number of esters is 1. The molecule has 0 amide bonds. The van der Waals surface area contributed by atoms with Crippen LogP contribution in [0.15, 0.2) is 0 Å². The zero-order valence-electron chi connectivity index (χ0n) is 11.5.